The molecule has 26 heavy (non-hydrogen) atoms. The normalized spacial score (nSPS) is 29.5. The molecule has 0 saturated heterocycles. The van der Waals surface area contributed by atoms with E-state index in [1.807, 2.05) is 0 Å². The number of unbranched alkanes of at least 4 members (excludes halogenated alkanes) is 1. The lowest BCUT2D eigenvalue weighted by molar-refractivity contribution is 0.188. The molecule has 0 unspecified atom stereocenters. The first-order valence-corrected chi connectivity index (χ1v) is 11.5. The van der Waals surface area contributed by atoms with E-state index in [0.717, 1.165) is 36.5 Å². The smallest absolute Gasteiger partial charge is 0.122 e. The number of ether oxygens (including phenoxy) is 1. The van der Waals surface area contributed by atoms with Crippen molar-refractivity contribution in [1.29, 1.82) is 0 Å². The Labute approximate surface area is 166 Å². The second-order valence-corrected chi connectivity index (χ2v) is 9.52. The molecule has 1 aromatic rings. The van der Waals surface area contributed by atoms with Crippen LogP contribution in [-0.2, 0) is 0 Å². The van der Waals surface area contributed by atoms with Gasteiger partial charge in [-0.05, 0) is 112 Å². The van der Waals surface area contributed by atoms with Crippen LogP contribution in [0.15, 0.2) is 12.1 Å². The fraction of sp³-hybridized carbons (Fsp3) is 0.750. The second-order valence-electron chi connectivity index (χ2n) is 8.79. The van der Waals surface area contributed by atoms with Crippen LogP contribution in [0.2, 0.25) is 0 Å². The van der Waals surface area contributed by atoms with Crippen LogP contribution in [0.4, 0.5) is 0 Å². The predicted octanol–water partition coefficient (Wildman–Crippen LogP) is 7.24. The molecule has 2 heteroatoms. The van der Waals surface area contributed by atoms with Gasteiger partial charge in [-0.25, -0.2) is 0 Å². The molecule has 0 radical (unpaired) electrons. The summed E-state index contributed by atoms with van der Waals surface area (Å²) in [6, 6.07) is 4.59. The summed E-state index contributed by atoms with van der Waals surface area (Å²) in [5.41, 5.74) is 4.41. The highest BCUT2D eigenvalue weighted by Crippen LogP contribution is 2.44. The van der Waals surface area contributed by atoms with E-state index in [-0.39, 0.29) is 0 Å². The van der Waals surface area contributed by atoms with Crippen molar-refractivity contribution in [3.8, 4) is 5.75 Å². The van der Waals surface area contributed by atoms with Gasteiger partial charge in [-0.15, -0.1) is 0 Å². The van der Waals surface area contributed by atoms with E-state index >= 15 is 0 Å². The van der Waals surface area contributed by atoms with E-state index in [0.29, 0.717) is 5.25 Å². The molecule has 3 rings (SSSR count). The van der Waals surface area contributed by atoms with Gasteiger partial charge in [0.15, 0.2) is 0 Å². The molecule has 2 fully saturated rings. The zero-order valence-corrected chi connectivity index (χ0v) is 18.0. The molecular weight excluding hydrogens is 336 g/mol. The Morgan fingerprint density at radius 1 is 0.885 bits per heavy atom. The summed E-state index contributed by atoms with van der Waals surface area (Å²) in [5, 5.41) is 0.672. The first-order chi connectivity index (χ1) is 12.6. The molecule has 1 nitrogen and oxygen atoms in total. The Kier molecular flexibility index (Phi) is 7.37. The van der Waals surface area contributed by atoms with Gasteiger partial charge in [-0.3, -0.25) is 0 Å². The number of thiol groups is 1. The van der Waals surface area contributed by atoms with E-state index in [1.54, 1.807) is 5.56 Å². The van der Waals surface area contributed by atoms with Crippen molar-refractivity contribution in [3.05, 3.63) is 28.8 Å². The highest BCUT2D eigenvalue weighted by Gasteiger charge is 2.31. The quantitative estimate of drug-likeness (QED) is 0.407. The Morgan fingerprint density at radius 3 is 2.12 bits per heavy atom. The molecule has 0 bridgehead atoms. The van der Waals surface area contributed by atoms with E-state index in [1.165, 1.54) is 68.9 Å². The maximum absolute atomic E-state index is 6.00. The molecule has 146 valence electrons. The highest BCUT2D eigenvalue weighted by molar-refractivity contribution is 7.80. The molecule has 0 N–H and O–H groups in total. The summed E-state index contributed by atoms with van der Waals surface area (Å²) in [4.78, 5) is 0. The molecule has 0 aliphatic heterocycles. The second kappa shape index (κ2) is 9.53. The van der Waals surface area contributed by atoms with E-state index in [9.17, 15) is 0 Å². The van der Waals surface area contributed by atoms with Gasteiger partial charge in [0.1, 0.15) is 5.75 Å². The van der Waals surface area contributed by atoms with Crippen molar-refractivity contribution in [2.45, 2.75) is 96.1 Å². The van der Waals surface area contributed by atoms with Crippen molar-refractivity contribution in [1.82, 2.24) is 0 Å². The first-order valence-electron chi connectivity index (χ1n) is 11.0. The standard InChI is InChI=1S/C24H38OS/c1-4-5-16-25-24-15-14-23(17(2)18(24)3)21-8-6-19(7-9-21)20-10-12-22(26)13-11-20/h14-15,19-22,26H,4-13,16H2,1-3H3. The summed E-state index contributed by atoms with van der Waals surface area (Å²) >= 11 is 4.67. The van der Waals surface area contributed by atoms with Crippen molar-refractivity contribution >= 4 is 12.6 Å². The van der Waals surface area contributed by atoms with Crippen LogP contribution < -0.4 is 4.74 Å². The molecule has 0 amide bonds. The van der Waals surface area contributed by atoms with Crippen molar-refractivity contribution in [2.75, 3.05) is 6.61 Å². The first kappa shape index (κ1) is 20.1. The number of hydrogen-bond donors (Lipinski definition) is 1. The van der Waals surface area contributed by atoms with Crippen LogP contribution in [0.25, 0.3) is 0 Å². The molecule has 0 heterocycles. The zero-order valence-electron chi connectivity index (χ0n) is 17.1. The lowest BCUT2D eigenvalue weighted by Gasteiger charge is -2.37. The zero-order chi connectivity index (χ0) is 18.5. The van der Waals surface area contributed by atoms with Crippen molar-refractivity contribution in [3.63, 3.8) is 0 Å². The summed E-state index contributed by atoms with van der Waals surface area (Å²) < 4.78 is 6.00. The lowest BCUT2D eigenvalue weighted by atomic mass is 9.69. The minimum absolute atomic E-state index is 0.672. The summed E-state index contributed by atoms with van der Waals surface area (Å²) in [5.74, 6) is 3.81. The molecule has 0 spiro atoms. The van der Waals surface area contributed by atoms with Gasteiger partial charge in [0.05, 0.1) is 6.61 Å². The molecule has 2 saturated carbocycles. The predicted molar refractivity (Wildman–Crippen MR) is 116 cm³/mol. The maximum atomic E-state index is 6.00. The summed E-state index contributed by atoms with van der Waals surface area (Å²) in [6.07, 6.45) is 13.5. The van der Waals surface area contributed by atoms with Crippen LogP contribution in [-0.4, -0.2) is 11.9 Å². The third kappa shape index (κ3) is 4.80. The third-order valence-corrected chi connectivity index (χ3v) is 7.67. The lowest BCUT2D eigenvalue weighted by Crippen LogP contribution is -2.25. The Morgan fingerprint density at radius 2 is 1.50 bits per heavy atom. The Balaban J connectivity index is 1.58. The number of hydrogen-bond acceptors (Lipinski definition) is 2. The summed E-state index contributed by atoms with van der Waals surface area (Å²) in [6.45, 7) is 7.60. The van der Waals surface area contributed by atoms with Crippen molar-refractivity contribution < 1.29 is 4.74 Å². The monoisotopic (exact) mass is 374 g/mol. The number of rotatable bonds is 6. The van der Waals surface area contributed by atoms with Gasteiger partial charge < -0.3 is 4.74 Å². The number of benzene rings is 1. The molecule has 1 aromatic carbocycles. The minimum Gasteiger partial charge on any atom is -0.493 e. The van der Waals surface area contributed by atoms with Crippen LogP contribution in [0, 0.1) is 25.7 Å². The van der Waals surface area contributed by atoms with Crippen molar-refractivity contribution in [2.24, 2.45) is 11.8 Å². The van der Waals surface area contributed by atoms with E-state index < -0.39 is 0 Å². The van der Waals surface area contributed by atoms with Gasteiger partial charge in [0, 0.05) is 5.25 Å². The minimum atomic E-state index is 0.672. The molecule has 0 atom stereocenters. The van der Waals surface area contributed by atoms with Gasteiger partial charge in [0.25, 0.3) is 0 Å². The SMILES string of the molecule is CCCCOc1ccc(C2CCC(C3CCC(S)CC3)CC2)c(C)c1C. The topological polar surface area (TPSA) is 9.23 Å². The summed E-state index contributed by atoms with van der Waals surface area (Å²) in [7, 11) is 0. The average molecular weight is 375 g/mol. The largest absolute Gasteiger partial charge is 0.493 e. The van der Waals surface area contributed by atoms with Crippen LogP contribution in [0.3, 0.4) is 0 Å². The fourth-order valence-electron chi connectivity index (χ4n) is 5.22. The van der Waals surface area contributed by atoms with Gasteiger partial charge in [-0.1, -0.05) is 19.4 Å². The van der Waals surface area contributed by atoms with Gasteiger partial charge in [-0.2, -0.15) is 12.6 Å². The Hall–Kier alpha value is -0.630. The van der Waals surface area contributed by atoms with E-state index in [4.69, 9.17) is 4.74 Å². The van der Waals surface area contributed by atoms with Crippen LogP contribution in [0.5, 0.6) is 5.75 Å². The van der Waals surface area contributed by atoms with Crippen LogP contribution >= 0.6 is 12.6 Å². The maximum Gasteiger partial charge on any atom is 0.122 e. The fourth-order valence-corrected chi connectivity index (χ4v) is 5.51. The Bertz CT molecular complexity index is 566. The molecular formula is C24H38OS. The highest BCUT2D eigenvalue weighted by atomic mass is 32.1. The molecule has 2 aliphatic carbocycles. The molecule has 0 aromatic heterocycles. The average Bonchev–Trinajstić information content (AvgIpc) is 2.66. The van der Waals surface area contributed by atoms with Gasteiger partial charge >= 0.3 is 0 Å². The van der Waals surface area contributed by atoms with Gasteiger partial charge in [0.2, 0.25) is 0 Å². The molecule has 2 aliphatic rings. The van der Waals surface area contributed by atoms with E-state index in [2.05, 4.69) is 45.5 Å². The third-order valence-electron chi connectivity index (χ3n) is 7.15. The van der Waals surface area contributed by atoms with Crippen LogP contribution in [0.1, 0.15) is 93.7 Å².